The van der Waals surface area contributed by atoms with E-state index < -0.39 is 0 Å². The molecule has 0 saturated carbocycles. The largest absolute Gasteiger partial charge is 0.276 e. The molecule has 3 rings (SSSR count). The summed E-state index contributed by atoms with van der Waals surface area (Å²) >= 11 is 1.52. The third-order valence-corrected chi connectivity index (χ3v) is 3.94. The average Bonchev–Trinajstić information content (AvgIpc) is 3.14. The first-order valence-electron chi connectivity index (χ1n) is 6.91. The molecule has 0 aliphatic rings. The van der Waals surface area contributed by atoms with Gasteiger partial charge in [-0.1, -0.05) is 18.2 Å². The first-order valence-corrected chi connectivity index (χ1v) is 7.79. The van der Waals surface area contributed by atoms with Crippen molar-refractivity contribution in [1.29, 1.82) is 10.5 Å². The lowest BCUT2D eigenvalue weighted by Crippen LogP contribution is -1.96. The summed E-state index contributed by atoms with van der Waals surface area (Å²) in [4.78, 5) is 8.90. The highest BCUT2D eigenvalue weighted by Crippen LogP contribution is 2.29. The summed E-state index contributed by atoms with van der Waals surface area (Å²) in [5, 5.41) is 23.9. The normalized spacial score (nSPS) is 9.58. The Labute approximate surface area is 142 Å². The van der Waals surface area contributed by atoms with E-state index in [2.05, 4.69) is 20.5 Å². The number of anilines is 1. The van der Waals surface area contributed by atoms with Crippen LogP contribution in [0, 0.1) is 22.7 Å². The number of nitrogens with one attached hydrogen (secondary N) is 1. The highest BCUT2D eigenvalue weighted by atomic mass is 32.1. The SMILES string of the molecule is N#CC(C#N)=NNc1cccc(-c2nc(-c3ccccn3)cs2)c1. The van der Waals surface area contributed by atoms with Crippen LogP contribution in [0.4, 0.5) is 5.69 Å². The number of pyridine rings is 1. The van der Waals surface area contributed by atoms with Crippen LogP contribution in [0.2, 0.25) is 0 Å². The van der Waals surface area contributed by atoms with Crippen LogP contribution in [0.5, 0.6) is 0 Å². The first kappa shape index (κ1) is 15.3. The second kappa shape index (κ2) is 7.14. The number of hydrogen-bond acceptors (Lipinski definition) is 7. The molecule has 0 atom stereocenters. The van der Waals surface area contributed by atoms with Gasteiger partial charge >= 0.3 is 0 Å². The average molecular weight is 330 g/mol. The van der Waals surface area contributed by atoms with Crippen LogP contribution < -0.4 is 5.43 Å². The summed E-state index contributed by atoms with van der Waals surface area (Å²) < 4.78 is 0. The molecule has 2 aromatic heterocycles. The van der Waals surface area contributed by atoms with Gasteiger partial charge in [0.2, 0.25) is 5.71 Å². The van der Waals surface area contributed by atoms with Gasteiger partial charge in [0.05, 0.1) is 11.4 Å². The molecule has 0 saturated heterocycles. The van der Waals surface area contributed by atoms with Gasteiger partial charge in [-0.05, 0) is 24.3 Å². The molecule has 0 amide bonds. The monoisotopic (exact) mass is 330 g/mol. The minimum absolute atomic E-state index is 0.230. The number of thiazole rings is 1. The van der Waals surface area contributed by atoms with E-state index in [1.165, 1.54) is 11.3 Å². The number of nitriles is 2. The molecule has 7 heteroatoms. The van der Waals surface area contributed by atoms with Gasteiger partial charge in [0.25, 0.3) is 0 Å². The van der Waals surface area contributed by atoms with E-state index in [0.717, 1.165) is 22.0 Å². The van der Waals surface area contributed by atoms with Gasteiger partial charge in [-0.2, -0.15) is 15.6 Å². The Kier molecular flexibility index (Phi) is 4.57. The van der Waals surface area contributed by atoms with Gasteiger partial charge in [0, 0.05) is 17.1 Å². The molecule has 0 fully saturated rings. The maximum atomic E-state index is 8.69. The van der Waals surface area contributed by atoms with Gasteiger partial charge in [0.15, 0.2) is 0 Å². The molecule has 0 unspecified atom stereocenters. The fraction of sp³-hybridized carbons (Fsp3) is 0. The van der Waals surface area contributed by atoms with Crippen LogP contribution in [0.3, 0.4) is 0 Å². The van der Waals surface area contributed by atoms with Crippen LogP contribution in [0.1, 0.15) is 0 Å². The molecular weight excluding hydrogens is 320 g/mol. The van der Waals surface area contributed by atoms with Gasteiger partial charge < -0.3 is 0 Å². The van der Waals surface area contributed by atoms with Crippen LogP contribution in [-0.2, 0) is 0 Å². The molecule has 6 nitrogen and oxygen atoms in total. The number of hydrazone groups is 1. The molecule has 1 aromatic carbocycles. The summed E-state index contributed by atoms with van der Waals surface area (Å²) in [5.74, 6) is 0. The van der Waals surface area contributed by atoms with Crippen molar-refractivity contribution in [1.82, 2.24) is 9.97 Å². The number of nitrogens with zero attached hydrogens (tertiary/aromatic N) is 5. The fourth-order valence-electron chi connectivity index (χ4n) is 1.96. The third-order valence-electron chi connectivity index (χ3n) is 3.05. The Morgan fingerprint density at radius 3 is 2.71 bits per heavy atom. The van der Waals surface area contributed by atoms with Crippen molar-refractivity contribution in [3.05, 3.63) is 54.0 Å². The van der Waals surface area contributed by atoms with Crippen LogP contribution >= 0.6 is 11.3 Å². The van der Waals surface area contributed by atoms with Gasteiger partial charge in [-0.15, -0.1) is 11.3 Å². The van der Waals surface area contributed by atoms with Crippen molar-refractivity contribution in [2.24, 2.45) is 5.10 Å². The Balaban J connectivity index is 1.85. The standard InChI is InChI=1S/C17H10N6S/c18-9-14(10-19)23-22-13-5-3-4-12(8-13)17-21-16(11-24-17)15-6-1-2-7-20-15/h1-8,11,22H. The quantitative estimate of drug-likeness (QED) is 0.581. The van der Waals surface area contributed by atoms with Gasteiger partial charge in [0.1, 0.15) is 22.8 Å². The summed E-state index contributed by atoms with van der Waals surface area (Å²) in [6.45, 7) is 0. The second-order valence-corrected chi connectivity index (χ2v) is 5.49. The zero-order chi connectivity index (χ0) is 16.8. The maximum Gasteiger partial charge on any atom is 0.237 e. The molecule has 3 aromatic rings. The van der Waals surface area contributed by atoms with Crippen molar-refractivity contribution < 1.29 is 0 Å². The highest BCUT2D eigenvalue weighted by molar-refractivity contribution is 7.13. The Bertz CT molecular complexity index is 946. The lowest BCUT2D eigenvalue weighted by Gasteiger charge is -2.02. The summed E-state index contributed by atoms with van der Waals surface area (Å²) in [6.07, 6.45) is 1.73. The lowest BCUT2D eigenvalue weighted by molar-refractivity contribution is 1.28. The maximum absolute atomic E-state index is 8.69. The van der Waals surface area contributed by atoms with E-state index >= 15 is 0 Å². The van der Waals surface area contributed by atoms with Crippen molar-refractivity contribution in [2.45, 2.75) is 0 Å². The van der Waals surface area contributed by atoms with E-state index in [-0.39, 0.29) is 5.71 Å². The summed E-state index contributed by atoms with van der Waals surface area (Å²) in [5.41, 5.74) is 5.71. The van der Waals surface area contributed by atoms with E-state index in [9.17, 15) is 0 Å². The molecule has 0 aliphatic carbocycles. The Hall–Kier alpha value is -3.55. The molecule has 1 N–H and O–H groups in total. The molecule has 0 bridgehead atoms. The molecule has 0 aliphatic heterocycles. The fourth-order valence-corrected chi connectivity index (χ4v) is 2.77. The third kappa shape index (κ3) is 3.43. The summed E-state index contributed by atoms with van der Waals surface area (Å²) in [7, 11) is 0. The van der Waals surface area contributed by atoms with E-state index in [1.807, 2.05) is 41.8 Å². The van der Waals surface area contributed by atoms with Crippen molar-refractivity contribution in [2.75, 3.05) is 5.43 Å². The zero-order valence-electron chi connectivity index (χ0n) is 12.3. The molecular formula is C17H10N6S. The van der Waals surface area contributed by atoms with E-state index in [0.29, 0.717) is 5.69 Å². The smallest absolute Gasteiger partial charge is 0.237 e. The molecule has 114 valence electrons. The Morgan fingerprint density at radius 1 is 1.08 bits per heavy atom. The number of rotatable bonds is 4. The zero-order valence-corrected chi connectivity index (χ0v) is 13.2. The predicted octanol–water partition coefficient (Wildman–Crippen LogP) is 3.69. The highest BCUT2D eigenvalue weighted by Gasteiger charge is 2.08. The number of hydrogen-bond donors (Lipinski definition) is 1. The number of benzene rings is 1. The molecule has 0 radical (unpaired) electrons. The minimum Gasteiger partial charge on any atom is -0.276 e. The lowest BCUT2D eigenvalue weighted by atomic mass is 10.2. The summed E-state index contributed by atoms with van der Waals surface area (Å²) in [6, 6.07) is 16.5. The van der Waals surface area contributed by atoms with Gasteiger partial charge in [-0.3, -0.25) is 10.4 Å². The van der Waals surface area contributed by atoms with Crippen molar-refractivity contribution in [3.63, 3.8) is 0 Å². The Morgan fingerprint density at radius 2 is 1.96 bits per heavy atom. The second-order valence-electron chi connectivity index (χ2n) is 4.63. The minimum atomic E-state index is -0.230. The molecule has 0 spiro atoms. The predicted molar refractivity (Wildman–Crippen MR) is 93.1 cm³/mol. The van der Waals surface area contributed by atoms with E-state index in [4.69, 9.17) is 10.5 Å². The van der Waals surface area contributed by atoms with Crippen LogP contribution in [-0.4, -0.2) is 15.7 Å². The number of aromatic nitrogens is 2. The molecule has 2 heterocycles. The van der Waals surface area contributed by atoms with E-state index in [1.54, 1.807) is 24.4 Å². The molecule has 24 heavy (non-hydrogen) atoms. The van der Waals surface area contributed by atoms with Crippen molar-refractivity contribution >= 4 is 22.7 Å². The van der Waals surface area contributed by atoms with Crippen LogP contribution in [0.25, 0.3) is 22.0 Å². The van der Waals surface area contributed by atoms with Crippen molar-refractivity contribution in [3.8, 4) is 34.1 Å². The van der Waals surface area contributed by atoms with Gasteiger partial charge in [-0.25, -0.2) is 4.98 Å². The topological polar surface area (TPSA) is 97.8 Å². The first-order chi connectivity index (χ1) is 11.8. The van der Waals surface area contributed by atoms with Crippen LogP contribution in [0.15, 0.2) is 59.1 Å².